The van der Waals surface area contributed by atoms with Crippen LogP contribution in [-0.2, 0) is 14.3 Å². The van der Waals surface area contributed by atoms with Crippen LogP contribution < -0.4 is 10.6 Å². The molecule has 4 rings (SSSR count). The molecule has 3 N–H and O–H groups in total. The van der Waals surface area contributed by atoms with Crippen molar-refractivity contribution in [2.75, 3.05) is 6.61 Å². The molecule has 1 saturated carbocycles. The molecule has 2 aromatic rings. The standard InChI is InChI=1S/C28H34N2O5/c1-2-3-15-25(27(32)33)29-26(31)22-14-8-9-16-24(22)30-28(34)35-17-23-20-12-6-4-10-18(20)19-11-5-7-13-21(19)23/h4-7,10-13,22-25H,2-3,8-9,14-17H2,1H3,(H,29,31)(H,30,34)(H,32,33)/t22-,24+,25?/m1/s1. The third-order valence-corrected chi connectivity index (χ3v) is 7.21. The average molecular weight is 479 g/mol. The van der Waals surface area contributed by atoms with Crippen LogP contribution in [0.25, 0.3) is 11.1 Å². The first kappa shape index (κ1) is 24.8. The molecule has 0 spiro atoms. The maximum atomic E-state index is 12.9. The van der Waals surface area contributed by atoms with Crippen LogP contribution >= 0.6 is 0 Å². The van der Waals surface area contributed by atoms with Gasteiger partial charge in [-0.25, -0.2) is 9.59 Å². The Balaban J connectivity index is 1.37. The van der Waals surface area contributed by atoms with Gasteiger partial charge in [0.05, 0.1) is 5.92 Å². The highest BCUT2D eigenvalue weighted by Crippen LogP contribution is 2.44. The lowest BCUT2D eigenvalue weighted by molar-refractivity contribution is -0.143. The van der Waals surface area contributed by atoms with E-state index in [-0.39, 0.29) is 24.5 Å². The Morgan fingerprint density at radius 2 is 1.63 bits per heavy atom. The van der Waals surface area contributed by atoms with Gasteiger partial charge in [0, 0.05) is 12.0 Å². The molecule has 7 heteroatoms. The van der Waals surface area contributed by atoms with Crippen molar-refractivity contribution in [1.82, 2.24) is 10.6 Å². The molecule has 1 unspecified atom stereocenters. The number of nitrogens with one attached hydrogen (secondary N) is 2. The number of carboxylic acids is 1. The molecule has 2 aromatic carbocycles. The summed E-state index contributed by atoms with van der Waals surface area (Å²) in [4.78, 5) is 37.3. The molecule has 35 heavy (non-hydrogen) atoms. The molecular formula is C28H34N2O5. The Hall–Kier alpha value is -3.35. The highest BCUT2D eigenvalue weighted by Gasteiger charge is 2.35. The van der Waals surface area contributed by atoms with E-state index in [1.54, 1.807) is 0 Å². The van der Waals surface area contributed by atoms with E-state index in [0.29, 0.717) is 19.3 Å². The number of aliphatic carboxylic acids is 1. The number of unbranched alkanes of at least 4 members (excludes halogenated alkanes) is 1. The Kier molecular flexibility index (Phi) is 8.06. The van der Waals surface area contributed by atoms with Crippen molar-refractivity contribution in [2.45, 2.75) is 69.9 Å². The number of amides is 2. The van der Waals surface area contributed by atoms with E-state index in [4.69, 9.17) is 4.74 Å². The van der Waals surface area contributed by atoms with E-state index >= 15 is 0 Å². The molecule has 0 saturated heterocycles. The Morgan fingerprint density at radius 1 is 1.00 bits per heavy atom. The zero-order valence-corrected chi connectivity index (χ0v) is 20.2. The van der Waals surface area contributed by atoms with Gasteiger partial charge in [0.25, 0.3) is 0 Å². The van der Waals surface area contributed by atoms with Gasteiger partial charge in [0.1, 0.15) is 12.6 Å². The fourth-order valence-electron chi connectivity index (χ4n) is 5.35. The third-order valence-electron chi connectivity index (χ3n) is 7.21. The number of fused-ring (bicyclic) bond motifs is 3. The number of benzene rings is 2. The van der Waals surface area contributed by atoms with Gasteiger partial charge in [-0.3, -0.25) is 4.79 Å². The minimum atomic E-state index is -1.02. The van der Waals surface area contributed by atoms with Crippen molar-refractivity contribution >= 4 is 18.0 Å². The number of carbonyl (C=O) groups excluding carboxylic acids is 2. The highest BCUT2D eigenvalue weighted by atomic mass is 16.5. The summed E-state index contributed by atoms with van der Waals surface area (Å²) < 4.78 is 5.67. The SMILES string of the molecule is CCCCC(NC(=O)[C@@H]1CCCC[C@@H]1NC(=O)OCC1c2ccccc2-c2ccccc21)C(=O)O. The van der Waals surface area contributed by atoms with Crippen molar-refractivity contribution in [3.05, 3.63) is 59.7 Å². The number of hydrogen-bond donors (Lipinski definition) is 3. The Bertz CT molecular complexity index is 1020. The first-order chi connectivity index (χ1) is 17.0. The van der Waals surface area contributed by atoms with Gasteiger partial charge in [0.15, 0.2) is 0 Å². The normalized spacial score (nSPS) is 19.8. The summed E-state index contributed by atoms with van der Waals surface area (Å²) in [6, 6.07) is 15.0. The van der Waals surface area contributed by atoms with Gasteiger partial charge in [-0.15, -0.1) is 0 Å². The first-order valence-corrected chi connectivity index (χ1v) is 12.6. The lowest BCUT2D eigenvalue weighted by Gasteiger charge is -2.32. The minimum Gasteiger partial charge on any atom is -0.480 e. The van der Waals surface area contributed by atoms with Crippen molar-refractivity contribution in [1.29, 1.82) is 0 Å². The summed E-state index contributed by atoms with van der Waals surface area (Å²) in [6.07, 6.45) is 4.48. The predicted octanol–water partition coefficient (Wildman–Crippen LogP) is 4.84. The molecule has 3 atom stereocenters. The molecule has 0 radical (unpaired) electrons. The van der Waals surface area contributed by atoms with Crippen molar-refractivity contribution in [3.8, 4) is 11.1 Å². The maximum Gasteiger partial charge on any atom is 0.407 e. The number of hydrogen-bond acceptors (Lipinski definition) is 4. The molecule has 0 aromatic heterocycles. The van der Waals surface area contributed by atoms with E-state index in [1.807, 2.05) is 31.2 Å². The molecule has 2 aliphatic carbocycles. The van der Waals surface area contributed by atoms with Crippen LogP contribution in [-0.4, -0.2) is 41.8 Å². The summed E-state index contributed by atoms with van der Waals surface area (Å²) in [5, 5.41) is 15.1. The molecule has 0 bridgehead atoms. The van der Waals surface area contributed by atoms with Gasteiger partial charge in [-0.05, 0) is 41.5 Å². The van der Waals surface area contributed by atoms with Gasteiger partial charge in [-0.2, -0.15) is 0 Å². The van der Waals surface area contributed by atoms with Gasteiger partial charge in [-0.1, -0.05) is 81.1 Å². The van der Waals surface area contributed by atoms with Crippen molar-refractivity contribution in [2.24, 2.45) is 5.92 Å². The second-order valence-corrected chi connectivity index (χ2v) is 9.51. The second kappa shape index (κ2) is 11.4. The largest absolute Gasteiger partial charge is 0.480 e. The van der Waals surface area contributed by atoms with E-state index in [2.05, 4.69) is 34.9 Å². The van der Waals surface area contributed by atoms with Crippen molar-refractivity contribution in [3.63, 3.8) is 0 Å². The zero-order chi connectivity index (χ0) is 24.8. The van der Waals surface area contributed by atoms with Crippen LogP contribution in [0.5, 0.6) is 0 Å². The summed E-state index contributed by atoms with van der Waals surface area (Å²) in [6.45, 7) is 2.19. The summed E-state index contributed by atoms with van der Waals surface area (Å²) >= 11 is 0. The van der Waals surface area contributed by atoms with E-state index in [1.165, 1.54) is 0 Å². The van der Waals surface area contributed by atoms with Gasteiger partial charge >= 0.3 is 12.1 Å². The predicted molar refractivity (Wildman–Crippen MR) is 133 cm³/mol. The summed E-state index contributed by atoms with van der Waals surface area (Å²) in [5.74, 6) is -1.83. The molecule has 186 valence electrons. The maximum absolute atomic E-state index is 12.9. The molecule has 2 aliphatic rings. The highest BCUT2D eigenvalue weighted by molar-refractivity contribution is 5.86. The van der Waals surface area contributed by atoms with Gasteiger partial charge in [0.2, 0.25) is 5.91 Å². The molecule has 1 fully saturated rings. The van der Waals surface area contributed by atoms with Crippen LogP contribution in [0, 0.1) is 5.92 Å². The number of alkyl carbamates (subject to hydrolysis) is 1. The van der Waals surface area contributed by atoms with Crippen LogP contribution in [0.3, 0.4) is 0 Å². The summed E-state index contributed by atoms with van der Waals surface area (Å²) in [5.41, 5.74) is 4.61. The monoisotopic (exact) mass is 478 g/mol. The van der Waals surface area contributed by atoms with E-state index in [0.717, 1.165) is 47.9 Å². The number of rotatable bonds is 9. The molecular weight excluding hydrogens is 444 g/mol. The lowest BCUT2D eigenvalue weighted by Crippen LogP contribution is -2.51. The number of ether oxygens (including phenoxy) is 1. The Labute approximate surface area is 206 Å². The number of carboxylic acid groups (broad SMARTS) is 1. The molecule has 7 nitrogen and oxygen atoms in total. The molecule has 0 heterocycles. The quantitative estimate of drug-likeness (QED) is 0.478. The summed E-state index contributed by atoms with van der Waals surface area (Å²) in [7, 11) is 0. The fourth-order valence-corrected chi connectivity index (χ4v) is 5.35. The number of carbonyl (C=O) groups is 3. The zero-order valence-electron chi connectivity index (χ0n) is 20.2. The third kappa shape index (κ3) is 5.66. The van der Waals surface area contributed by atoms with Crippen LogP contribution in [0.4, 0.5) is 4.79 Å². The average Bonchev–Trinajstić information content (AvgIpc) is 3.19. The van der Waals surface area contributed by atoms with Crippen LogP contribution in [0.15, 0.2) is 48.5 Å². The smallest absolute Gasteiger partial charge is 0.407 e. The van der Waals surface area contributed by atoms with E-state index < -0.39 is 24.0 Å². The topological polar surface area (TPSA) is 105 Å². The van der Waals surface area contributed by atoms with E-state index in [9.17, 15) is 19.5 Å². The van der Waals surface area contributed by atoms with Crippen LogP contribution in [0.2, 0.25) is 0 Å². The molecule has 0 aliphatic heterocycles. The fraction of sp³-hybridized carbons (Fsp3) is 0.464. The Morgan fingerprint density at radius 3 is 2.26 bits per heavy atom. The van der Waals surface area contributed by atoms with Crippen molar-refractivity contribution < 1.29 is 24.2 Å². The first-order valence-electron chi connectivity index (χ1n) is 12.6. The van der Waals surface area contributed by atoms with Crippen LogP contribution in [0.1, 0.15) is 68.9 Å². The van der Waals surface area contributed by atoms with Gasteiger partial charge < -0.3 is 20.5 Å². The minimum absolute atomic E-state index is 0.0338. The lowest BCUT2D eigenvalue weighted by atomic mass is 9.83. The second-order valence-electron chi connectivity index (χ2n) is 9.51. The molecule has 2 amide bonds.